The summed E-state index contributed by atoms with van der Waals surface area (Å²) in [6.07, 6.45) is 4.16. The van der Waals surface area contributed by atoms with Gasteiger partial charge in [0.1, 0.15) is 6.04 Å². The van der Waals surface area contributed by atoms with Crippen molar-refractivity contribution in [3.05, 3.63) is 35.4 Å². The highest BCUT2D eigenvalue weighted by Gasteiger charge is 2.18. The number of aryl methyl sites for hydroxylation is 2. The topological polar surface area (TPSA) is 66.4 Å². The summed E-state index contributed by atoms with van der Waals surface area (Å²) < 4.78 is 0. The van der Waals surface area contributed by atoms with Gasteiger partial charge in [0.25, 0.3) is 0 Å². The van der Waals surface area contributed by atoms with E-state index in [0.717, 1.165) is 25.7 Å². The average molecular weight is 291 g/mol. The van der Waals surface area contributed by atoms with Crippen molar-refractivity contribution in [2.45, 2.75) is 58.4 Å². The smallest absolute Gasteiger partial charge is 0.326 e. The molecule has 0 saturated heterocycles. The zero-order chi connectivity index (χ0) is 15.7. The summed E-state index contributed by atoms with van der Waals surface area (Å²) in [4.78, 5) is 22.8. The Balaban J connectivity index is 2.32. The Hall–Kier alpha value is -1.84. The van der Waals surface area contributed by atoms with E-state index in [1.54, 1.807) is 0 Å². The van der Waals surface area contributed by atoms with E-state index >= 15 is 0 Å². The first-order chi connectivity index (χ1) is 10.0. The summed E-state index contributed by atoms with van der Waals surface area (Å²) in [5, 5.41) is 11.7. The van der Waals surface area contributed by atoms with Crippen molar-refractivity contribution in [2.75, 3.05) is 0 Å². The molecule has 0 spiro atoms. The van der Waals surface area contributed by atoms with Gasteiger partial charge < -0.3 is 10.4 Å². The third kappa shape index (κ3) is 6.93. The number of benzene rings is 1. The Kier molecular flexibility index (Phi) is 7.51. The van der Waals surface area contributed by atoms with Gasteiger partial charge in [0.05, 0.1) is 0 Å². The Morgan fingerprint density at radius 2 is 1.86 bits per heavy atom. The lowest BCUT2D eigenvalue weighted by Crippen LogP contribution is -2.40. The first kappa shape index (κ1) is 17.2. The molecular weight excluding hydrogens is 266 g/mol. The molecule has 0 fully saturated rings. The van der Waals surface area contributed by atoms with Gasteiger partial charge in [-0.15, -0.1) is 0 Å². The van der Waals surface area contributed by atoms with E-state index in [1.165, 1.54) is 11.1 Å². The first-order valence-electron chi connectivity index (χ1n) is 7.60. The van der Waals surface area contributed by atoms with Gasteiger partial charge in [-0.05, 0) is 31.7 Å². The SMILES string of the molecule is CCCCC(NC(=O)CCCc1ccc(C)cc1)C(=O)O. The van der Waals surface area contributed by atoms with Crippen molar-refractivity contribution < 1.29 is 14.7 Å². The molecular formula is C17H25NO3. The van der Waals surface area contributed by atoms with Crippen LogP contribution in [0.5, 0.6) is 0 Å². The monoisotopic (exact) mass is 291 g/mol. The van der Waals surface area contributed by atoms with E-state index in [-0.39, 0.29) is 5.91 Å². The Bertz CT molecular complexity index is 454. The Morgan fingerprint density at radius 3 is 2.43 bits per heavy atom. The molecule has 116 valence electrons. The minimum absolute atomic E-state index is 0.175. The van der Waals surface area contributed by atoms with E-state index in [0.29, 0.717) is 12.8 Å². The summed E-state index contributed by atoms with van der Waals surface area (Å²) >= 11 is 0. The number of carboxylic acids is 1. The lowest BCUT2D eigenvalue weighted by molar-refractivity contribution is -0.142. The van der Waals surface area contributed by atoms with Crippen molar-refractivity contribution in [2.24, 2.45) is 0 Å². The van der Waals surface area contributed by atoms with Gasteiger partial charge in [0, 0.05) is 6.42 Å². The van der Waals surface area contributed by atoms with Crippen LogP contribution in [0.2, 0.25) is 0 Å². The second kappa shape index (κ2) is 9.16. The second-order valence-electron chi connectivity index (χ2n) is 5.44. The molecule has 1 aromatic rings. The zero-order valence-corrected chi connectivity index (χ0v) is 12.9. The fourth-order valence-electron chi connectivity index (χ4n) is 2.14. The van der Waals surface area contributed by atoms with E-state index in [2.05, 4.69) is 29.6 Å². The standard InChI is InChI=1S/C17H25NO3/c1-3-4-7-15(17(20)21)18-16(19)8-5-6-14-11-9-13(2)10-12-14/h9-12,15H,3-8H2,1-2H3,(H,18,19)(H,20,21). The maximum atomic E-state index is 11.8. The lowest BCUT2D eigenvalue weighted by atomic mass is 10.1. The van der Waals surface area contributed by atoms with Gasteiger partial charge in [-0.1, -0.05) is 49.6 Å². The highest BCUT2D eigenvalue weighted by Crippen LogP contribution is 2.08. The number of amides is 1. The van der Waals surface area contributed by atoms with E-state index < -0.39 is 12.0 Å². The third-order valence-electron chi connectivity index (χ3n) is 3.47. The summed E-state index contributed by atoms with van der Waals surface area (Å²) in [5.74, 6) is -1.12. The van der Waals surface area contributed by atoms with Gasteiger partial charge >= 0.3 is 5.97 Å². The molecule has 4 heteroatoms. The molecule has 1 unspecified atom stereocenters. The lowest BCUT2D eigenvalue weighted by Gasteiger charge is -2.14. The summed E-state index contributed by atoms with van der Waals surface area (Å²) in [6, 6.07) is 7.49. The van der Waals surface area contributed by atoms with Crippen LogP contribution in [0.25, 0.3) is 0 Å². The number of carbonyl (C=O) groups excluding carboxylic acids is 1. The largest absolute Gasteiger partial charge is 0.480 e. The van der Waals surface area contributed by atoms with Crippen LogP contribution in [0.4, 0.5) is 0 Å². The molecule has 0 bridgehead atoms. The molecule has 4 nitrogen and oxygen atoms in total. The molecule has 0 saturated carbocycles. The van der Waals surface area contributed by atoms with Crippen LogP contribution in [0.1, 0.15) is 50.2 Å². The van der Waals surface area contributed by atoms with Gasteiger partial charge in [-0.25, -0.2) is 4.79 Å². The second-order valence-corrected chi connectivity index (χ2v) is 5.44. The van der Waals surface area contributed by atoms with Gasteiger partial charge in [-0.2, -0.15) is 0 Å². The van der Waals surface area contributed by atoms with Crippen molar-refractivity contribution >= 4 is 11.9 Å². The highest BCUT2D eigenvalue weighted by atomic mass is 16.4. The van der Waals surface area contributed by atoms with Crippen LogP contribution in [0.3, 0.4) is 0 Å². The normalized spacial score (nSPS) is 11.9. The summed E-state index contributed by atoms with van der Waals surface area (Å²) in [5.41, 5.74) is 2.42. The number of hydrogen-bond acceptors (Lipinski definition) is 2. The summed E-state index contributed by atoms with van der Waals surface area (Å²) in [6.45, 7) is 4.04. The average Bonchev–Trinajstić information content (AvgIpc) is 2.45. The molecule has 21 heavy (non-hydrogen) atoms. The Morgan fingerprint density at radius 1 is 1.19 bits per heavy atom. The van der Waals surface area contributed by atoms with E-state index in [9.17, 15) is 9.59 Å². The van der Waals surface area contributed by atoms with Crippen LogP contribution in [0.15, 0.2) is 24.3 Å². The third-order valence-corrected chi connectivity index (χ3v) is 3.47. The van der Waals surface area contributed by atoms with Crippen LogP contribution >= 0.6 is 0 Å². The molecule has 1 aromatic carbocycles. The first-order valence-corrected chi connectivity index (χ1v) is 7.60. The van der Waals surface area contributed by atoms with Crippen LogP contribution < -0.4 is 5.32 Å². The van der Waals surface area contributed by atoms with Gasteiger partial charge in [-0.3, -0.25) is 4.79 Å². The Labute approximate surface area is 126 Å². The minimum atomic E-state index is -0.949. The number of unbranched alkanes of at least 4 members (excludes halogenated alkanes) is 1. The number of carbonyl (C=O) groups is 2. The molecule has 2 N–H and O–H groups in total. The number of nitrogens with one attached hydrogen (secondary N) is 1. The van der Waals surface area contributed by atoms with Crippen LogP contribution in [-0.4, -0.2) is 23.0 Å². The molecule has 1 amide bonds. The fraction of sp³-hybridized carbons (Fsp3) is 0.529. The number of carboxylic acid groups (broad SMARTS) is 1. The molecule has 0 aromatic heterocycles. The molecule has 0 aliphatic rings. The molecule has 0 heterocycles. The molecule has 0 radical (unpaired) electrons. The quantitative estimate of drug-likeness (QED) is 0.734. The predicted octanol–water partition coefficient (Wildman–Crippen LogP) is 3.08. The van der Waals surface area contributed by atoms with Crippen molar-refractivity contribution in [1.29, 1.82) is 0 Å². The number of aliphatic carboxylic acids is 1. The summed E-state index contributed by atoms with van der Waals surface area (Å²) in [7, 11) is 0. The fourth-order valence-corrected chi connectivity index (χ4v) is 2.14. The number of hydrogen-bond donors (Lipinski definition) is 2. The van der Waals surface area contributed by atoms with Crippen molar-refractivity contribution in [3.8, 4) is 0 Å². The van der Waals surface area contributed by atoms with Gasteiger partial charge in [0.2, 0.25) is 5.91 Å². The predicted molar refractivity (Wildman–Crippen MR) is 83.2 cm³/mol. The molecule has 0 aliphatic carbocycles. The van der Waals surface area contributed by atoms with E-state index in [1.807, 2.05) is 13.8 Å². The highest BCUT2D eigenvalue weighted by molar-refractivity contribution is 5.83. The van der Waals surface area contributed by atoms with Crippen LogP contribution in [-0.2, 0) is 16.0 Å². The molecule has 0 aliphatic heterocycles. The van der Waals surface area contributed by atoms with E-state index in [4.69, 9.17) is 5.11 Å². The maximum absolute atomic E-state index is 11.8. The van der Waals surface area contributed by atoms with Gasteiger partial charge in [0.15, 0.2) is 0 Å². The van der Waals surface area contributed by atoms with Crippen molar-refractivity contribution in [3.63, 3.8) is 0 Å². The maximum Gasteiger partial charge on any atom is 0.326 e. The van der Waals surface area contributed by atoms with Crippen LogP contribution in [0, 0.1) is 6.92 Å². The zero-order valence-electron chi connectivity index (χ0n) is 12.9. The minimum Gasteiger partial charge on any atom is -0.480 e. The number of rotatable bonds is 9. The molecule has 1 rings (SSSR count). The molecule has 1 atom stereocenters. The van der Waals surface area contributed by atoms with Crippen molar-refractivity contribution in [1.82, 2.24) is 5.32 Å².